The lowest BCUT2D eigenvalue weighted by molar-refractivity contribution is 0.769. The van der Waals surface area contributed by atoms with E-state index >= 15 is 0 Å². The van der Waals surface area contributed by atoms with Crippen molar-refractivity contribution in [3.63, 3.8) is 0 Å². The molecule has 63 heavy (non-hydrogen) atoms. The van der Waals surface area contributed by atoms with Gasteiger partial charge in [0.05, 0.1) is 17.7 Å². The Balaban J connectivity index is 1.01. The third-order valence-corrected chi connectivity index (χ3v) is 12.8. The maximum atomic E-state index is 7.04. The van der Waals surface area contributed by atoms with Crippen LogP contribution in [0, 0.1) is 0 Å². The van der Waals surface area contributed by atoms with E-state index in [1.807, 2.05) is 30.3 Å². The van der Waals surface area contributed by atoms with E-state index in [9.17, 15) is 0 Å². The number of fused-ring (bicyclic) bond motifs is 5. The fourth-order valence-electron chi connectivity index (χ4n) is 9.84. The molecule has 0 aromatic heterocycles. The van der Waals surface area contributed by atoms with Gasteiger partial charge in [-0.1, -0.05) is 212 Å². The van der Waals surface area contributed by atoms with Crippen LogP contribution in [0.2, 0.25) is 0 Å². The zero-order valence-electron chi connectivity index (χ0n) is 34.8. The molecule has 1 aliphatic carbocycles. The molecule has 0 aliphatic heterocycles. The number of hydrogen-bond donors (Lipinski definition) is 1. The summed E-state index contributed by atoms with van der Waals surface area (Å²) in [6, 6.07) is 85.4. The summed E-state index contributed by atoms with van der Waals surface area (Å²) in [6.45, 7) is 0.569. The quantitative estimate of drug-likeness (QED) is 0.145. The lowest BCUT2D eigenvalue weighted by atomic mass is 9.67. The lowest BCUT2D eigenvalue weighted by Gasteiger charge is -2.34. The first-order valence-electron chi connectivity index (χ1n) is 21.7. The summed E-state index contributed by atoms with van der Waals surface area (Å²) in [5.41, 5.74) is 23.6. The van der Waals surface area contributed by atoms with Crippen LogP contribution in [0.3, 0.4) is 0 Å². The van der Waals surface area contributed by atoms with Gasteiger partial charge in [-0.2, -0.15) is 0 Å². The van der Waals surface area contributed by atoms with Crippen LogP contribution in [0.15, 0.2) is 248 Å². The van der Waals surface area contributed by atoms with E-state index in [0.29, 0.717) is 12.2 Å². The molecule has 2 heteroatoms. The van der Waals surface area contributed by atoms with Crippen LogP contribution in [0.4, 0.5) is 0 Å². The van der Waals surface area contributed by atoms with E-state index in [1.165, 1.54) is 55.3 Å². The average Bonchev–Trinajstić information content (AvgIpc) is 3.64. The van der Waals surface area contributed by atoms with Gasteiger partial charge in [0.2, 0.25) is 0 Å². The first-order chi connectivity index (χ1) is 31.1. The van der Waals surface area contributed by atoms with Crippen LogP contribution in [-0.4, -0.2) is 5.71 Å². The summed E-state index contributed by atoms with van der Waals surface area (Å²) in [4.78, 5) is 5.06. The number of nitrogens with zero attached hydrogens (tertiary/aromatic N) is 1. The van der Waals surface area contributed by atoms with Gasteiger partial charge in [0.1, 0.15) is 0 Å². The largest absolute Gasteiger partial charge is 0.398 e. The highest BCUT2D eigenvalue weighted by molar-refractivity contribution is 6.14. The Morgan fingerprint density at radius 1 is 0.429 bits per heavy atom. The molecule has 0 bridgehead atoms. The third-order valence-electron chi connectivity index (χ3n) is 12.8. The highest BCUT2D eigenvalue weighted by atomic mass is 14.7. The van der Waals surface area contributed by atoms with Crippen molar-refractivity contribution in [2.75, 3.05) is 0 Å². The van der Waals surface area contributed by atoms with Crippen LogP contribution >= 0.6 is 0 Å². The van der Waals surface area contributed by atoms with Gasteiger partial charge in [-0.05, 0) is 119 Å². The van der Waals surface area contributed by atoms with E-state index in [-0.39, 0.29) is 0 Å². The standard InChI is InChI=1S/C61H44N2/c62-59(40-60(43-20-7-2-8-21-43)63-41-42-18-5-1-6-19-42)54-34-33-51(52-30-15-16-31-53(52)54)48-25-17-24-44(36-48)47-32-35-57-55(38-47)56-37-45-22-13-14-23-46(45)39-58(56)61(57,49-26-9-3-10-27-49)50-28-11-4-12-29-50/h1-40H,41,62H2/b59-40-,63-60?. The fourth-order valence-corrected chi connectivity index (χ4v) is 9.84. The molecule has 0 unspecified atom stereocenters. The van der Waals surface area contributed by atoms with Crippen LogP contribution in [0.5, 0.6) is 0 Å². The molecule has 1 aliphatic rings. The van der Waals surface area contributed by atoms with Crippen molar-refractivity contribution in [1.82, 2.24) is 0 Å². The Labute approximate surface area is 369 Å². The highest BCUT2D eigenvalue weighted by Crippen LogP contribution is 2.57. The van der Waals surface area contributed by atoms with Gasteiger partial charge < -0.3 is 5.73 Å². The molecule has 0 atom stereocenters. The lowest BCUT2D eigenvalue weighted by Crippen LogP contribution is -2.28. The molecular formula is C61H44N2. The predicted molar refractivity (Wildman–Crippen MR) is 265 cm³/mol. The first kappa shape index (κ1) is 37.9. The van der Waals surface area contributed by atoms with Crippen molar-refractivity contribution in [2.45, 2.75) is 12.0 Å². The number of benzene rings is 10. The Morgan fingerprint density at radius 3 is 1.71 bits per heavy atom. The number of nitrogens with two attached hydrogens (primary N) is 1. The van der Waals surface area contributed by atoms with Crippen LogP contribution in [-0.2, 0) is 12.0 Å². The van der Waals surface area contributed by atoms with Crippen LogP contribution in [0.1, 0.15) is 38.9 Å². The Bertz CT molecular complexity index is 3310. The maximum absolute atomic E-state index is 7.04. The maximum Gasteiger partial charge on any atom is 0.0713 e. The molecule has 0 spiro atoms. The Hall–Kier alpha value is -8.07. The SMILES string of the molecule is N/C(=C\C(=NCc1ccccc1)c1ccccc1)c1ccc(-c2cccc(-c3ccc4c(c3)-c3cc5ccccc5cc3C4(c3ccccc3)c3ccccc3)c2)c2ccccc12. The summed E-state index contributed by atoms with van der Waals surface area (Å²) in [5.74, 6) is 0. The van der Waals surface area contributed by atoms with E-state index in [0.717, 1.165) is 44.3 Å². The average molecular weight is 805 g/mol. The van der Waals surface area contributed by atoms with E-state index < -0.39 is 5.41 Å². The second kappa shape index (κ2) is 16.1. The molecule has 2 nitrogen and oxygen atoms in total. The Kier molecular flexibility index (Phi) is 9.67. The smallest absolute Gasteiger partial charge is 0.0713 e. The van der Waals surface area contributed by atoms with Crippen LogP contribution in [0.25, 0.3) is 60.6 Å². The Morgan fingerprint density at radius 2 is 1.00 bits per heavy atom. The second-order valence-corrected chi connectivity index (χ2v) is 16.4. The molecule has 0 heterocycles. The van der Waals surface area contributed by atoms with Crippen molar-refractivity contribution >= 4 is 33.0 Å². The van der Waals surface area contributed by atoms with Crippen molar-refractivity contribution in [3.05, 3.63) is 282 Å². The second-order valence-electron chi connectivity index (χ2n) is 16.4. The summed E-state index contributed by atoms with van der Waals surface area (Å²) in [7, 11) is 0. The highest BCUT2D eigenvalue weighted by Gasteiger charge is 2.46. The molecule has 0 fully saturated rings. The molecule has 0 amide bonds. The van der Waals surface area contributed by atoms with Crippen molar-refractivity contribution in [1.29, 1.82) is 0 Å². The van der Waals surface area contributed by atoms with Crippen molar-refractivity contribution < 1.29 is 0 Å². The molecule has 2 N–H and O–H groups in total. The predicted octanol–water partition coefficient (Wildman–Crippen LogP) is 14.7. The number of aliphatic imine (C=N–C) groups is 1. The first-order valence-corrected chi connectivity index (χ1v) is 21.7. The van der Waals surface area contributed by atoms with Gasteiger partial charge >= 0.3 is 0 Å². The van der Waals surface area contributed by atoms with Gasteiger partial charge in [0.25, 0.3) is 0 Å². The fraction of sp³-hybridized carbons (Fsp3) is 0.0328. The zero-order valence-corrected chi connectivity index (χ0v) is 34.8. The van der Waals surface area contributed by atoms with Gasteiger partial charge in [-0.25, -0.2) is 0 Å². The van der Waals surface area contributed by atoms with Gasteiger partial charge in [0, 0.05) is 11.3 Å². The summed E-state index contributed by atoms with van der Waals surface area (Å²) >= 11 is 0. The molecule has 11 rings (SSSR count). The van der Waals surface area contributed by atoms with Gasteiger partial charge in [-0.15, -0.1) is 0 Å². The number of rotatable bonds is 9. The van der Waals surface area contributed by atoms with E-state index in [4.69, 9.17) is 10.7 Å². The minimum Gasteiger partial charge on any atom is -0.398 e. The third kappa shape index (κ3) is 6.74. The minimum atomic E-state index is -0.468. The van der Waals surface area contributed by atoms with Gasteiger partial charge in [-0.3, -0.25) is 4.99 Å². The molecule has 0 radical (unpaired) electrons. The molecule has 298 valence electrons. The molecule has 0 saturated heterocycles. The molecule has 10 aromatic carbocycles. The van der Waals surface area contributed by atoms with Gasteiger partial charge in [0.15, 0.2) is 0 Å². The summed E-state index contributed by atoms with van der Waals surface area (Å²) in [6.07, 6.45) is 2.03. The molecule has 0 saturated carbocycles. The molecular weight excluding hydrogens is 761 g/mol. The monoisotopic (exact) mass is 804 g/mol. The van der Waals surface area contributed by atoms with Crippen molar-refractivity contribution in [2.24, 2.45) is 10.7 Å². The normalized spacial score (nSPS) is 13.2. The zero-order chi connectivity index (χ0) is 42.2. The molecule has 10 aromatic rings. The van der Waals surface area contributed by atoms with E-state index in [1.54, 1.807) is 0 Å². The topological polar surface area (TPSA) is 38.4 Å². The van der Waals surface area contributed by atoms with E-state index in [2.05, 4.69) is 212 Å². The minimum absolute atomic E-state index is 0.468. The number of hydrogen-bond acceptors (Lipinski definition) is 2. The van der Waals surface area contributed by atoms with Crippen molar-refractivity contribution in [3.8, 4) is 33.4 Å². The van der Waals surface area contributed by atoms with Crippen LogP contribution < -0.4 is 5.73 Å². The summed E-state index contributed by atoms with van der Waals surface area (Å²) in [5, 5.41) is 4.74. The number of allylic oxidation sites excluding steroid dienone is 1. The summed E-state index contributed by atoms with van der Waals surface area (Å²) < 4.78 is 0.